The smallest absolute Gasteiger partial charge is 0.128 e. The molecule has 0 aromatic carbocycles. The summed E-state index contributed by atoms with van der Waals surface area (Å²) < 4.78 is 0. The second kappa shape index (κ2) is 4.94. The van der Waals surface area contributed by atoms with E-state index < -0.39 is 0 Å². The molecule has 1 saturated carbocycles. The molecule has 2 fully saturated rings. The lowest BCUT2D eigenvalue weighted by molar-refractivity contribution is 0.573. The van der Waals surface area contributed by atoms with E-state index in [1.807, 2.05) is 6.20 Å². The third-order valence-corrected chi connectivity index (χ3v) is 3.72. The van der Waals surface area contributed by atoms with Gasteiger partial charge in [0.25, 0.3) is 0 Å². The summed E-state index contributed by atoms with van der Waals surface area (Å²) in [5.74, 6) is 2.05. The van der Waals surface area contributed by atoms with E-state index in [-0.39, 0.29) is 0 Å². The first-order chi connectivity index (χ1) is 8.42. The number of hydrogen-bond acceptors (Lipinski definition) is 3. The van der Waals surface area contributed by atoms with Crippen LogP contribution in [0.1, 0.15) is 32.1 Å². The maximum Gasteiger partial charge on any atom is 0.128 e. The minimum atomic E-state index is 0.914. The molecule has 3 nitrogen and oxygen atoms in total. The minimum absolute atomic E-state index is 0.914. The zero-order valence-electron chi connectivity index (χ0n) is 10.4. The molecule has 0 bridgehead atoms. The van der Waals surface area contributed by atoms with E-state index in [0.717, 1.165) is 24.0 Å². The van der Waals surface area contributed by atoms with Crippen molar-refractivity contribution in [3.63, 3.8) is 0 Å². The number of nitrogens with zero attached hydrogens (tertiary/aromatic N) is 2. The van der Waals surface area contributed by atoms with Crippen LogP contribution in [-0.2, 0) is 0 Å². The van der Waals surface area contributed by atoms with Gasteiger partial charge in [0.2, 0.25) is 0 Å². The average Bonchev–Trinajstić information content (AvgIpc) is 3.22. The Kier molecular flexibility index (Phi) is 3.16. The van der Waals surface area contributed by atoms with E-state index >= 15 is 0 Å². The zero-order chi connectivity index (χ0) is 11.5. The molecule has 2 aliphatic rings. The number of aromatic nitrogens is 1. The zero-order valence-corrected chi connectivity index (χ0v) is 10.4. The van der Waals surface area contributed by atoms with Crippen LogP contribution in [0.4, 0.5) is 11.5 Å². The van der Waals surface area contributed by atoms with Crippen molar-refractivity contribution in [1.29, 1.82) is 0 Å². The minimum Gasteiger partial charge on any atom is -0.384 e. The highest BCUT2D eigenvalue weighted by Crippen LogP contribution is 2.29. The molecule has 0 unspecified atom stereocenters. The van der Waals surface area contributed by atoms with E-state index in [4.69, 9.17) is 0 Å². The van der Waals surface area contributed by atoms with Crippen LogP contribution in [-0.4, -0.2) is 24.6 Å². The van der Waals surface area contributed by atoms with Gasteiger partial charge in [-0.15, -0.1) is 0 Å². The SMILES string of the molecule is c1cc(N2CCCCC2)ncc1NCC1CC1. The van der Waals surface area contributed by atoms with Gasteiger partial charge in [0.1, 0.15) is 5.82 Å². The Morgan fingerprint density at radius 3 is 2.65 bits per heavy atom. The van der Waals surface area contributed by atoms with E-state index in [9.17, 15) is 0 Å². The predicted molar refractivity (Wildman–Crippen MR) is 71.5 cm³/mol. The highest BCUT2D eigenvalue weighted by atomic mass is 15.2. The van der Waals surface area contributed by atoms with Gasteiger partial charge in [-0.05, 0) is 50.2 Å². The molecule has 0 radical (unpaired) electrons. The van der Waals surface area contributed by atoms with Crippen LogP contribution >= 0.6 is 0 Å². The van der Waals surface area contributed by atoms with Gasteiger partial charge in [-0.2, -0.15) is 0 Å². The van der Waals surface area contributed by atoms with Gasteiger partial charge in [0.15, 0.2) is 0 Å². The monoisotopic (exact) mass is 231 g/mol. The predicted octanol–water partition coefficient (Wildman–Crippen LogP) is 2.89. The fraction of sp³-hybridized carbons (Fsp3) is 0.643. The van der Waals surface area contributed by atoms with Gasteiger partial charge in [0.05, 0.1) is 11.9 Å². The fourth-order valence-corrected chi connectivity index (χ4v) is 2.38. The van der Waals surface area contributed by atoms with E-state index in [1.165, 1.54) is 45.2 Å². The maximum absolute atomic E-state index is 4.56. The molecule has 2 heterocycles. The van der Waals surface area contributed by atoms with E-state index in [0.29, 0.717) is 0 Å². The van der Waals surface area contributed by atoms with Crippen molar-refractivity contribution in [2.24, 2.45) is 5.92 Å². The molecule has 0 amide bonds. The molecule has 0 spiro atoms. The number of hydrogen-bond donors (Lipinski definition) is 1. The number of piperidine rings is 1. The number of pyridine rings is 1. The van der Waals surface area contributed by atoms with Crippen LogP contribution in [0.2, 0.25) is 0 Å². The standard InChI is InChI=1S/C14H21N3/c1-2-8-17(9-3-1)14-7-6-13(11-16-14)15-10-12-4-5-12/h6-7,11-12,15H,1-5,8-10H2. The summed E-state index contributed by atoms with van der Waals surface area (Å²) in [6, 6.07) is 4.32. The van der Waals surface area contributed by atoms with Crippen molar-refractivity contribution in [3.8, 4) is 0 Å². The van der Waals surface area contributed by atoms with Crippen LogP contribution in [0.3, 0.4) is 0 Å². The Bertz CT molecular complexity index is 350. The summed E-state index contributed by atoms with van der Waals surface area (Å²) in [5, 5.41) is 3.46. The molecular weight excluding hydrogens is 210 g/mol. The normalized spacial score (nSPS) is 20.4. The summed E-state index contributed by atoms with van der Waals surface area (Å²) >= 11 is 0. The van der Waals surface area contributed by atoms with Gasteiger partial charge >= 0.3 is 0 Å². The van der Waals surface area contributed by atoms with E-state index in [2.05, 4.69) is 27.3 Å². The van der Waals surface area contributed by atoms with Gasteiger partial charge in [0, 0.05) is 19.6 Å². The summed E-state index contributed by atoms with van der Waals surface area (Å²) in [4.78, 5) is 6.96. The molecule has 1 aliphatic carbocycles. The molecule has 1 aromatic heterocycles. The third-order valence-electron chi connectivity index (χ3n) is 3.72. The second-order valence-electron chi connectivity index (χ2n) is 5.28. The van der Waals surface area contributed by atoms with Crippen molar-refractivity contribution in [1.82, 2.24) is 4.98 Å². The number of rotatable bonds is 4. The highest BCUT2D eigenvalue weighted by molar-refractivity contribution is 5.48. The molecular formula is C14H21N3. The van der Waals surface area contributed by atoms with Crippen LogP contribution in [0.25, 0.3) is 0 Å². The van der Waals surface area contributed by atoms with Crippen molar-refractivity contribution < 1.29 is 0 Å². The number of nitrogens with one attached hydrogen (secondary N) is 1. The molecule has 3 heteroatoms. The molecule has 1 saturated heterocycles. The molecule has 92 valence electrons. The van der Waals surface area contributed by atoms with Crippen LogP contribution in [0, 0.1) is 5.92 Å². The summed E-state index contributed by atoms with van der Waals surface area (Å²) in [7, 11) is 0. The third kappa shape index (κ3) is 2.90. The first-order valence-corrected chi connectivity index (χ1v) is 6.87. The second-order valence-corrected chi connectivity index (χ2v) is 5.28. The van der Waals surface area contributed by atoms with Gasteiger partial charge in [-0.3, -0.25) is 0 Å². The summed E-state index contributed by atoms with van der Waals surface area (Å²) in [6.45, 7) is 3.45. The van der Waals surface area contributed by atoms with Crippen molar-refractivity contribution >= 4 is 11.5 Å². The Morgan fingerprint density at radius 1 is 1.18 bits per heavy atom. The van der Waals surface area contributed by atoms with Gasteiger partial charge in [-0.25, -0.2) is 4.98 Å². The van der Waals surface area contributed by atoms with Crippen LogP contribution < -0.4 is 10.2 Å². The Morgan fingerprint density at radius 2 is 2.00 bits per heavy atom. The first-order valence-electron chi connectivity index (χ1n) is 6.87. The largest absolute Gasteiger partial charge is 0.384 e. The molecule has 1 aromatic rings. The average molecular weight is 231 g/mol. The summed E-state index contributed by atoms with van der Waals surface area (Å²) in [6.07, 6.45) is 8.76. The Hall–Kier alpha value is -1.25. The first kappa shape index (κ1) is 10.9. The Balaban J connectivity index is 1.58. The maximum atomic E-state index is 4.56. The lowest BCUT2D eigenvalue weighted by Gasteiger charge is -2.27. The van der Waals surface area contributed by atoms with Crippen molar-refractivity contribution in [2.75, 3.05) is 29.9 Å². The molecule has 1 N–H and O–H groups in total. The lowest BCUT2D eigenvalue weighted by atomic mass is 10.1. The van der Waals surface area contributed by atoms with Crippen LogP contribution in [0.5, 0.6) is 0 Å². The summed E-state index contributed by atoms with van der Waals surface area (Å²) in [5.41, 5.74) is 1.16. The van der Waals surface area contributed by atoms with Crippen LogP contribution in [0.15, 0.2) is 18.3 Å². The lowest BCUT2D eigenvalue weighted by Crippen LogP contribution is -2.30. The quantitative estimate of drug-likeness (QED) is 0.863. The molecule has 0 atom stereocenters. The van der Waals surface area contributed by atoms with Crippen molar-refractivity contribution in [3.05, 3.63) is 18.3 Å². The highest BCUT2D eigenvalue weighted by Gasteiger charge is 2.20. The van der Waals surface area contributed by atoms with Gasteiger partial charge < -0.3 is 10.2 Å². The van der Waals surface area contributed by atoms with E-state index in [1.54, 1.807) is 0 Å². The Labute approximate surface area is 103 Å². The fourth-order valence-electron chi connectivity index (χ4n) is 2.38. The topological polar surface area (TPSA) is 28.2 Å². The molecule has 17 heavy (non-hydrogen) atoms. The number of anilines is 2. The van der Waals surface area contributed by atoms with Gasteiger partial charge in [-0.1, -0.05) is 0 Å². The van der Waals surface area contributed by atoms with Crippen molar-refractivity contribution in [2.45, 2.75) is 32.1 Å². The molecule has 1 aliphatic heterocycles. The molecule has 3 rings (SSSR count).